The number of hydrogen-bond acceptors (Lipinski definition) is 4. The zero-order valence-corrected chi connectivity index (χ0v) is 18.6. The topological polar surface area (TPSA) is 36.9 Å². The summed E-state index contributed by atoms with van der Waals surface area (Å²) >= 11 is 0. The first-order valence-corrected chi connectivity index (χ1v) is 8.92. The fourth-order valence-electron chi connectivity index (χ4n) is 1.02. The quantitative estimate of drug-likeness (QED) is 0.128. The molecule has 0 aliphatic rings. The molecule has 0 saturated carbocycles. The van der Waals surface area contributed by atoms with E-state index in [2.05, 4.69) is 9.47 Å². The Morgan fingerprint density at radius 1 is 0.286 bits per heavy atom. The fourth-order valence-corrected chi connectivity index (χ4v) is 1.02. The Hall–Kier alpha value is -1.84. The molecule has 42 heavy (non-hydrogen) atoms. The number of halogens is 24. The molecule has 0 aliphatic carbocycles. The van der Waals surface area contributed by atoms with Crippen molar-refractivity contribution in [2.45, 2.75) is 75.2 Å². The zero-order valence-electron chi connectivity index (χ0n) is 18.6. The van der Waals surface area contributed by atoms with Crippen molar-refractivity contribution in [1.29, 1.82) is 0 Å². The van der Waals surface area contributed by atoms with Crippen LogP contribution in [0.1, 0.15) is 0 Å². The summed E-state index contributed by atoms with van der Waals surface area (Å²) in [6, 6.07) is 0. The molecule has 0 fully saturated rings. The van der Waals surface area contributed by atoms with Gasteiger partial charge in [-0.05, 0) is 0 Å². The third-order valence-corrected chi connectivity index (χ3v) is 2.74. The average Bonchev–Trinajstić information content (AvgIpc) is 2.75. The summed E-state index contributed by atoms with van der Waals surface area (Å²) in [4.78, 5) is 0. The molecule has 0 aliphatic heterocycles. The minimum atomic E-state index is -5.60. The van der Waals surface area contributed by atoms with Crippen molar-refractivity contribution < 1.29 is 124 Å². The van der Waals surface area contributed by atoms with Gasteiger partial charge in [-0.15, -0.1) is 0 Å². The molecule has 0 heterocycles. The summed E-state index contributed by atoms with van der Waals surface area (Å²) in [5.74, 6) is 0. The SMILES string of the molecule is FC(F)C(F)(F)OC(F)(F)C(F)F.FC(F)C(F)(F)OC(F)(F)C(F)F.FC(F)C(F)(F)OCCOC(F)(F)C(F)F. The Bertz CT molecular complexity index is 632. The molecule has 0 bridgehead atoms. The Kier molecular flexibility index (Phi) is 17.9. The van der Waals surface area contributed by atoms with Gasteiger partial charge in [0, 0.05) is 0 Å². The maximum absolute atomic E-state index is 12.0. The molecule has 4 nitrogen and oxygen atoms in total. The van der Waals surface area contributed by atoms with Crippen LogP contribution in [-0.2, 0) is 18.9 Å². The van der Waals surface area contributed by atoms with Crippen LogP contribution in [0.2, 0.25) is 0 Å². The maximum atomic E-state index is 12.0. The predicted molar refractivity (Wildman–Crippen MR) is 79.8 cm³/mol. The van der Waals surface area contributed by atoms with Crippen LogP contribution >= 0.6 is 0 Å². The molecule has 0 rings (SSSR count). The molecule has 0 aromatic carbocycles. The second kappa shape index (κ2) is 16.9. The summed E-state index contributed by atoms with van der Waals surface area (Å²) in [5.41, 5.74) is 0. The van der Waals surface area contributed by atoms with Gasteiger partial charge < -0.3 is 9.47 Å². The van der Waals surface area contributed by atoms with Crippen LogP contribution in [0.25, 0.3) is 0 Å². The van der Waals surface area contributed by atoms with Crippen molar-refractivity contribution in [2.75, 3.05) is 13.2 Å². The highest BCUT2D eigenvalue weighted by Crippen LogP contribution is 2.36. The second-order valence-corrected chi connectivity index (χ2v) is 6.08. The van der Waals surface area contributed by atoms with E-state index in [4.69, 9.17) is 0 Å². The lowest BCUT2D eigenvalue weighted by Gasteiger charge is -2.21. The molecule has 258 valence electrons. The van der Waals surface area contributed by atoms with Gasteiger partial charge in [0.05, 0.1) is 13.2 Å². The van der Waals surface area contributed by atoms with Gasteiger partial charge in [0.1, 0.15) is 0 Å². The van der Waals surface area contributed by atoms with Gasteiger partial charge in [0.2, 0.25) is 0 Å². The smallest absolute Gasteiger partial charge is 0.314 e. The minimum Gasteiger partial charge on any atom is -0.314 e. The highest BCUT2D eigenvalue weighted by atomic mass is 19.4. The molecule has 0 unspecified atom stereocenters. The largest absolute Gasteiger partial charge is 0.421 e. The van der Waals surface area contributed by atoms with Gasteiger partial charge in [0.25, 0.3) is 0 Å². The van der Waals surface area contributed by atoms with E-state index in [1.807, 2.05) is 9.47 Å². The highest BCUT2D eigenvalue weighted by Gasteiger charge is 2.56. The van der Waals surface area contributed by atoms with Crippen LogP contribution in [0.3, 0.4) is 0 Å². The summed E-state index contributed by atoms with van der Waals surface area (Å²) in [5, 5.41) is 0. The molecule has 28 heteroatoms. The van der Waals surface area contributed by atoms with Gasteiger partial charge in [-0.3, -0.25) is 0 Å². The lowest BCUT2D eigenvalue weighted by atomic mass is 10.6. The molecule has 0 spiro atoms. The first kappa shape index (κ1) is 44.6. The van der Waals surface area contributed by atoms with Gasteiger partial charge in [-0.2, -0.15) is 52.7 Å². The number of hydrogen-bond donors (Lipinski definition) is 0. The van der Waals surface area contributed by atoms with Crippen LogP contribution in [0.5, 0.6) is 0 Å². The van der Waals surface area contributed by atoms with Crippen molar-refractivity contribution in [3.8, 4) is 0 Å². The minimum absolute atomic E-state index is 1.38. The van der Waals surface area contributed by atoms with E-state index in [0.29, 0.717) is 0 Å². The van der Waals surface area contributed by atoms with Gasteiger partial charge in [-0.1, -0.05) is 0 Å². The molecule has 0 radical (unpaired) electrons. The second-order valence-electron chi connectivity index (χ2n) is 6.08. The monoisotopic (exact) mass is 698 g/mol. The molecule has 0 N–H and O–H groups in total. The Morgan fingerprint density at radius 2 is 0.429 bits per heavy atom. The molecule has 0 amide bonds. The third kappa shape index (κ3) is 17.3. The Morgan fingerprint density at radius 3 is 0.548 bits per heavy atom. The lowest BCUT2D eigenvalue weighted by molar-refractivity contribution is -0.428. The summed E-state index contributed by atoms with van der Waals surface area (Å²) in [6.45, 7) is -2.75. The first-order chi connectivity index (χ1) is 18.3. The fraction of sp³-hybridized carbons (Fsp3) is 1.00. The van der Waals surface area contributed by atoms with Crippen LogP contribution in [0.15, 0.2) is 0 Å². The van der Waals surface area contributed by atoms with Crippen LogP contribution < -0.4 is 0 Å². The van der Waals surface area contributed by atoms with Gasteiger partial charge >= 0.3 is 75.2 Å². The molecule has 0 atom stereocenters. The van der Waals surface area contributed by atoms with E-state index in [1.54, 1.807) is 0 Å². The normalized spacial score (nSPS) is 14.1. The van der Waals surface area contributed by atoms with Crippen LogP contribution in [0, 0.1) is 0 Å². The Balaban J connectivity index is -0.000000548. The summed E-state index contributed by atoms with van der Waals surface area (Å²) < 4.78 is 286. The summed E-state index contributed by atoms with van der Waals surface area (Å²) in [7, 11) is 0. The van der Waals surface area contributed by atoms with Crippen molar-refractivity contribution in [1.82, 2.24) is 0 Å². The number of rotatable bonds is 15. The zero-order chi connectivity index (χ0) is 34.7. The highest BCUT2D eigenvalue weighted by molar-refractivity contribution is 4.64. The predicted octanol–water partition coefficient (Wildman–Crippen LogP) is 8.17. The van der Waals surface area contributed by atoms with Crippen molar-refractivity contribution in [3.05, 3.63) is 0 Å². The standard InChI is InChI=1S/C6H6F8O2.2C4H2F8O/c7-3(8)5(11,12)15-1-2-16-6(13,14)4(9)10;2*5-1(6)3(9,10)13-4(11,12)2(7)8/h3-4H,1-2H2;2*1-2H. The number of ether oxygens (including phenoxy) is 4. The van der Waals surface area contributed by atoms with E-state index >= 15 is 0 Å². The summed E-state index contributed by atoms with van der Waals surface area (Å²) in [6.07, 6.45) is -58.7. The van der Waals surface area contributed by atoms with Crippen molar-refractivity contribution in [2.24, 2.45) is 0 Å². The van der Waals surface area contributed by atoms with E-state index in [9.17, 15) is 105 Å². The third-order valence-electron chi connectivity index (χ3n) is 2.74. The number of alkyl halides is 24. The molecular formula is C14H10F24O4. The van der Waals surface area contributed by atoms with E-state index in [-0.39, 0.29) is 0 Å². The van der Waals surface area contributed by atoms with E-state index in [1.165, 1.54) is 0 Å². The maximum Gasteiger partial charge on any atom is 0.421 e. The average molecular weight is 698 g/mol. The Labute approximate surface area is 214 Å². The van der Waals surface area contributed by atoms with Crippen LogP contribution in [0.4, 0.5) is 105 Å². The molecule has 0 aromatic heterocycles. The lowest BCUT2D eigenvalue weighted by Crippen LogP contribution is -2.42. The molecular weight excluding hydrogens is 688 g/mol. The van der Waals surface area contributed by atoms with Gasteiger partial charge in [-0.25, -0.2) is 62.2 Å². The van der Waals surface area contributed by atoms with E-state index < -0.39 is 88.4 Å². The van der Waals surface area contributed by atoms with E-state index in [0.717, 1.165) is 0 Å². The van der Waals surface area contributed by atoms with Gasteiger partial charge in [0.15, 0.2) is 0 Å². The first-order valence-electron chi connectivity index (χ1n) is 8.92. The molecule has 0 saturated heterocycles. The van der Waals surface area contributed by atoms with Crippen LogP contribution in [-0.4, -0.2) is 88.4 Å². The van der Waals surface area contributed by atoms with Crippen molar-refractivity contribution in [3.63, 3.8) is 0 Å². The van der Waals surface area contributed by atoms with Crippen molar-refractivity contribution >= 4 is 0 Å². The molecule has 0 aromatic rings.